The van der Waals surface area contributed by atoms with E-state index in [0.29, 0.717) is 17.2 Å². The lowest BCUT2D eigenvalue weighted by Crippen LogP contribution is -2.01. The average Bonchev–Trinajstić information content (AvgIpc) is 2.53. The summed E-state index contributed by atoms with van der Waals surface area (Å²) in [6, 6.07) is 9.90. The van der Waals surface area contributed by atoms with Gasteiger partial charge in [-0.25, -0.2) is 0 Å². The first-order valence-corrected chi connectivity index (χ1v) is 7.01. The molecule has 0 saturated carbocycles. The molecule has 4 heteroatoms. The fourth-order valence-corrected chi connectivity index (χ4v) is 2.30. The van der Waals surface area contributed by atoms with E-state index in [-0.39, 0.29) is 0 Å². The van der Waals surface area contributed by atoms with Gasteiger partial charge in [-0.2, -0.15) is 0 Å². The zero-order valence-corrected chi connectivity index (χ0v) is 13.6. The molecule has 2 aromatic rings. The van der Waals surface area contributed by atoms with E-state index in [0.717, 1.165) is 22.4 Å². The molecule has 0 heterocycles. The second-order valence-electron chi connectivity index (χ2n) is 4.92. The number of aliphatic imine (C=N–C) groups is 1. The molecule has 0 saturated heterocycles. The van der Waals surface area contributed by atoms with Gasteiger partial charge in [0.25, 0.3) is 0 Å². The van der Waals surface area contributed by atoms with Gasteiger partial charge in [-0.3, -0.25) is 4.99 Å². The summed E-state index contributed by atoms with van der Waals surface area (Å²) in [4.78, 5) is 4.57. The van der Waals surface area contributed by atoms with Crippen LogP contribution in [-0.2, 0) is 0 Å². The molecule has 0 spiro atoms. The highest BCUT2D eigenvalue weighted by Crippen LogP contribution is 2.41. The molecule has 2 aromatic carbocycles. The minimum atomic E-state index is 0.571. The Morgan fingerprint density at radius 1 is 0.864 bits per heavy atom. The van der Waals surface area contributed by atoms with Crippen molar-refractivity contribution in [2.24, 2.45) is 4.99 Å². The van der Waals surface area contributed by atoms with Gasteiger partial charge in [0.1, 0.15) is 0 Å². The van der Waals surface area contributed by atoms with Crippen LogP contribution in [0.5, 0.6) is 17.2 Å². The second kappa shape index (κ2) is 6.98. The van der Waals surface area contributed by atoms with E-state index >= 15 is 0 Å². The Kier molecular flexibility index (Phi) is 5.04. The molecule has 22 heavy (non-hydrogen) atoms. The van der Waals surface area contributed by atoms with Gasteiger partial charge in [-0.15, -0.1) is 0 Å². The quantitative estimate of drug-likeness (QED) is 0.781. The van der Waals surface area contributed by atoms with Crippen LogP contribution in [0.15, 0.2) is 35.3 Å². The first-order chi connectivity index (χ1) is 10.6. The van der Waals surface area contributed by atoms with Crippen LogP contribution in [0.4, 0.5) is 5.69 Å². The first kappa shape index (κ1) is 15.9. The maximum atomic E-state index is 5.51. The normalized spacial score (nSPS) is 10.8. The van der Waals surface area contributed by atoms with Crippen molar-refractivity contribution >= 4 is 11.9 Å². The molecule has 2 rings (SSSR count). The van der Waals surface area contributed by atoms with Gasteiger partial charge in [-0.05, 0) is 37.1 Å². The SMILES string of the molecule is COc1cc(C)c(C=Nc2ccccc2C)c(OC)c1OC. The Morgan fingerprint density at radius 3 is 2.14 bits per heavy atom. The van der Waals surface area contributed by atoms with Crippen LogP contribution in [-0.4, -0.2) is 27.5 Å². The summed E-state index contributed by atoms with van der Waals surface area (Å²) in [6.07, 6.45) is 1.80. The largest absolute Gasteiger partial charge is 0.493 e. The van der Waals surface area contributed by atoms with Crippen LogP contribution >= 0.6 is 0 Å². The number of para-hydroxylation sites is 1. The summed E-state index contributed by atoms with van der Waals surface area (Å²) in [6.45, 7) is 4.02. The van der Waals surface area contributed by atoms with Crippen molar-refractivity contribution in [2.45, 2.75) is 13.8 Å². The molecule has 4 nitrogen and oxygen atoms in total. The fraction of sp³-hybridized carbons (Fsp3) is 0.278. The van der Waals surface area contributed by atoms with E-state index in [1.54, 1.807) is 27.5 Å². The number of benzene rings is 2. The van der Waals surface area contributed by atoms with Crippen molar-refractivity contribution in [3.05, 3.63) is 47.0 Å². The van der Waals surface area contributed by atoms with Gasteiger partial charge in [0.05, 0.1) is 27.0 Å². The third kappa shape index (κ3) is 3.06. The Hall–Kier alpha value is -2.49. The van der Waals surface area contributed by atoms with E-state index in [9.17, 15) is 0 Å². The van der Waals surface area contributed by atoms with Crippen molar-refractivity contribution in [3.8, 4) is 17.2 Å². The maximum Gasteiger partial charge on any atom is 0.203 e. The number of ether oxygens (including phenoxy) is 3. The molecule has 0 atom stereocenters. The zero-order chi connectivity index (χ0) is 16.1. The molecule has 0 aromatic heterocycles. The second-order valence-corrected chi connectivity index (χ2v) is 4.92. The number of hydrogen-bond donors (Lipinski definition) is 0. The standard InChI is InChI=1S/C18H21NO3/c1-12-8-6-7-9-15(12)19-11-14-13(2)10-16(20-3)18(22-5)17(14)21-4/h6-11H,1-5H3. The lowest BCUT2D eigenvalue weighted by Gasteiger charge is -2.16. The summed E-state index contributed by atoms with van der Waals surface area (Å²) >= 11 is 0. The maximum absolute atomic E-state index is 5.51. The summed E-state index contributed by atoms with van der Waals surface area (Å²) in [5, 5.41) is 0. The highest BCUT2D eigenvalue weighted by atomic mass is 16.5. The van der Waals surface area contributed by atoms with Gasteiger partial charge < -0.3 is 14.2 Å². The average molecular weight is 299 g/mol. The molecule has 0 N–H and O–H groups in total. The van der Waals surface area contributed by atoms with Gasteiger partial charge in [0.15, 0.2) is 11.5 Å². The third-order valence-electron chi connectivity index (χ3n) is 3.52. The van der Waals surface area contributed by atoms with Crippen LogP contribution in [0.2, 0.25) is 0 Å². The Labute approximate surface area is 131 Å². The van der Waals surface area contributed by atoms with E-state index in [1.807, 2.05) is 44.2 Å². The number of hydrogen-bond acceptors (Lipinski definition) is 4. The number of rotatable bonds is 5. The topological polar surface area (TPSA) is 40.0 Å². The molecule has 0 fully saturated rings. The molecular weight excluding hydrogens is 278 g/mol. The lowest BCUT2D eigenvalue weighted by molar-refractivity contribution is 0.323. The van der Waals surface area contributed by atoms with Crippen molar-refractivity contribution in [1.82, 2.24) is 0 Å². The van der Waals surface area contributed by atoms with Crippen molar-refractivity contribution in [1.29, 1.82) is 0 Å². The highest BCUT2D eigenvalue weighted by Gasteiger charge is 2.17. The van der Waals surface area contributed by atoms with Crippen LogP contribution in [0.25, 0.3) is 0 Å². The van der Waals surface area contributed by atoms with Crippen molar-refractivity contribution in [2.75, 3.05) is 21.3 Å². The number of nitrogens with zero attached hydrogens (tertiary/aromatic N) is 1. The molecule has 0 aliphatic carbocycles. The zero-order valence-electron chi connectivity index (χ0n) is 13.6. The highest BCUT2D eigenvalue weighted by molar-refractivity contribution is 5.90. The smallest absolute Gasteiger partial charge is 0.203 e. The molecule has 0 unspecified atom stereocenters. The number of methoxy groups -OCH3 is 3. The van der Waals surface area contributed by atoms with E-state index in [2.05, 4.69) is 4.99 Å². The molecule has 0 bridgehead atoms. The van der Waals surface area contributed by atoms with E-state index in [4.69, 9.17) is 14.2 Å². The van der Waals surface area contributed by atoms with Gasteiger partial charge in [-0.1, -0.05) is 18.2 Å². The summed E-state index contributed by atoms with van der Waals surface area (Å²) in [5.41, 5.74) is 3.94. The van der Waals surface area contributed by atoms with Gasteiger partial charge >= 0.3 is 0 Å². The van der Waals surface area contributed by atoms with Crippen LogP contribution < -0.4 is 14.2 Å². The summed E-state index contributed by atoms with van der Waals surface area (Å²) < 4.78 is 16.3. The van der Waals surface area contributed by atoms with E-state index < -0.39 is 0 Å². The van der Waals surface area contributed by atoms with E-state index in [1.165, 1.54) is 0 Å². The van der Waals surface area contributed by atoms with Crippen molar-refractivity contribution in [3.63, 3.8) is 0 Å². The lowest BCUT2D eigenvalue weighted by atomic mass is 10.1. The van der Waals surface area contributed by atoms with Crippen LogP contribution in [0.3, 0.4) is 0 Å². The Balaban J connectivity index is 2.53. The summed E-state index contributed by atoms with van der Waals surface area (Å²) in [7, 11) is 4.82. The minimum absolute atomic E-state index is 0.571. The Bertz CT molecular complexity index is 693. The van der Waals surface area contributed by atoms with Crippen LogP contribution in [0.1, 0.15) is 16.7 Å². The number of aryl methyl sites for hydroxylation is 2. The third-order valence-corrected chi connectivity index (χ3v) is 3.52. The summed E-state index contributed by atoms with van der Waals surface area (Å²) in [5.74, 6) is 1.84. The molecule has 0 amide bonds. The molecule has 0 aliphatic rings. The van der Waals surface area contributed by atoms with Gasteiger partial charge in [0, 0.05) is 11.8 Å². The molecule has 116 valence electrons. The Morgan fingerprint density at radius 2 is 1.55 bits per heavy atom. The predicted octanol–water partition coefficient (Wildman–Crippen LogP) is 4.08. The monoisotopic (exact) mass is 299 g/mol. The molecule has 0 aliphatic heterocycles. The fourth-order valence-electron chi connectivity index (χ4n) is 2.30. The molecule has 0 radical (unpaired) electrons. The minimum Gasteiger partial charge on any atom is -0.493 e. The van der Waals surface area contributed by atoms with Crippen LogP contribution in [0, 0.1) is 13.8 Å². The first-order valence-electron chi connectivity index (χ1n) is 7.01. The van der Waals surface area contributed by atoms with Crippen molar-refractivity contribution < 1.29 is 14.2 Å². The van der Waals surface area contributed by atoms with Gasteiger partial charge in [0.2, 0.25) is 5.75 Å². The molecular formula is C18H21NO3. The predicted molar refractivity (Wildman–Crippen MR) is 89.3 cm³/mol.